The second kappa shape index (κ2) is 5.92. The van der Waals surface area contributed by atoms with Crippen molar-refractivity contribution in [1.82, 2.24) is 0 Å². The van der Waals surface area contributed by atoms with E-state index in [1.165, 1.54) is 13.2 Å². The highest BCUT2D eigenvalue weighted by atomic mass is 16.5. The summed E-state index contributed by atoms with van der Waals surface area (Å²) in [4.78, 5) is 12.8. The molecule has 3 aromatic rings. The van der Waals surface area contributed by atoms with E-state index in [1.807, 2.05) is 19.9 Å². The fraction of sp³-hybridized carbons (Fsp3) is 0.211. The van der Waals surface area contributed by atoms with E-state index in [4.69, 9.17) is 9.15 Å². The molecule has 5 heteroatoms. The Kier molecular flexibility index (Phi) is 3.93. The van der Waals surface area contributed by atoms with E-state index < -0.39 is 0 Å². The zero-order valence-electron chi connectivity index (χ0n) is 13.7. The summed E-state index contributed by atoms with van der Waals surface area (Å²) in [7, 11) is 1.51. The molecule has 0 amide bonds. The van der Waals surface area contributed by atoms with Gasteiger partial charge < -0.3 is 19.4 Å². The van der Waals surface area contributed by atoms with Gasteiger partial charge in [0.1, 0.15) is 33.8 Å². The molecule has 2 N–H and O–H groups in total. The van der Waals surface area contributed by atoms with E-state index in [0.717, 1.165) is 5.57 Å². The van der Waals surface area contributed by atoms with Gasteiger partial charge in [0.05, 0.1) is 12.5 Å². The van der Waals surface area contributed by atoms with Crippen molar-refractivity contribution in [3.63, 3.8) is 0 Å². The highest BCUT2D eigenvalue weighted by Crippen LogP contribution is 2.36. The van der Waals surface area contributed by atoms with E-state index in [9.17, 15) is 15.0 Å². The predicted octanol–water partition coefficient (Wildman–Crippen LogP) is 3.87. The van der Waals surface area contributed by atoms with Gasteiger partial charge in [-0.3, -0.25) is 4.79 Å². The molecule has 0 atom stereocenters. The molecule has 124 valence electrons. The van der Waals surface area contributed by atoms with Gasteiger partial charge in [-0.25, -0.2) is 0 Å². The van der Waals surface area contributed by atoms with Crippen LogP contribution in [0.2, 0.25) is 0 Å². The SMILES string of the molecule is COc1ccc2oc3cc(O)c(CC=C(C)C)c(O)c3c(=O)c2c1. The fourth-order valence-electron chi connectivity index (χ4n) is 2.64. The standard InChI is InChI=1S/C19H18O5/c1-10(2)4-6-12-14(20)9-16-17(18(12)21)19(22)13-8-11(23-3)5-7-15(13)24-16/h4-5,7-9,20-21H,6H2,1-3H3. The lowest BCUT2D eigenvalue weighted by atomic mass is 10.0. The average molecular weight is 326 g/mol. The van der Waals surface area contributed by atoms with Crippen molar-refractivity contribution in [1.29, 1.82) is 0 Å². The number of aromatic hydroxyl groups is 2. The number of fused-ring (bicyclic) bond motifs is 2. The van der Waals surface area contributed by atoms with Gasteiger partial charge in [-0.1, -0.05) is 11.6 Å². The van der Waals surface area contributed by atoms with Crippen LogP contribution in [0.3, 0.4) is 0 Å². The van der Waals surface area contributed by atoms with Crippen LogP contribution < -0.4 is 10.2 Å². The van der Waals surface area contributed by atoms with Gasteiger partial charge in [0.15, 0.2) is 0 Å². The molecule has 0 radical (unpaired) electrons. The molecule has 0 saturated carbocycles. The third-order valence-corrected chi connectivity index (χ3v) is 3.94. The summed E-state index contributed by atoms with van der Waals surface area (Å²) in [6.07, 6.45) is 2.19. The number of hydrogen-bond acceptors (Lipinski definition) is 5. The van der Waals surface area contributed by atoms with Crippen molar-refractivity contribution in [3.05, 3.63) is 51.7 Å². The molecule has 0 aliphatic carbocycles. The number of rotatable bonds is 3. The number of phenols is 2. The molecule has 0 aliphatic heterocycles. The van der Waals surface area contributed by atoms with Crippen molar-refractivity contribution in [2.24, 2.45) is 0 Å². The smallest absolute Gasteiger partial charge is 0.204 e. The molecule has 24 heavy (non-hydrogen) atoms. The number of benzene rings is 2. The molecular formula is C19H18O5. The molecule has 0 bridgehead atoms. The summed E-state index contributed by atoms with van der Waals surface area (Å²) >= 11 is 0. The molecule has 0 fully saturated rings. The third kappa shape index (κ3) is 2.58. The Morgan fingerprint density at radius 2 is 1.96 bits per heavy atom. The average Bonchev–Trinajstić information content (AvgIpc) is 2.53. The summed E-state index contributed by atoms with van der Waals surface area (Å²) in [5.41, 5.74) is 1.50. The minimum atomic E-state index is -0.360. The van der Waals surface area contributed by atoms with E-state index in [0.29, 0.717) is 28.7 Å². The molecular weight excluding hydrogens is 308 g/mol. The Balaban J connectivity index is 2.37. The lowest BCUT2D eigenvalue weighted by Crippen LogP contribution is -2.04. The van der Waals surface area contributed by atoms with E-state index in [-0.39, 0.29) is 27.9 Å². The normalized spacial score (nSPS) is 11.0. The number of allylic oxidation sites excluding steroid dienone is 2. The Morgan fingerprint density at radius 1 is 1.21 bits per heavy atom. The number of phenolic OH excluding ortho intramolecular Hbond substituents is 2. The first kappa shape index (κ1) is 15.9. The summed E-state index contributed by atoms with van der Waals surface area (Å²) in [6.45, 7) is 3.84. The van der Waals surface area contributed by atoms with Crippen LogP contribution in [-0.2, 0) is 6.42 Å². The maximum Gasteiger partial charge on any atom is 0.204 e. The Morgan fingerprint density at radius 3 is 2.62 bits per heavy atom. The minimum absolute atomic E-state index is 0.0608. The van der Waals surface area contributed by atoms with Crippen molar-refractivity contribution >= 4 is 21.9 Å². The van der Waals surface area contributed by atoms with Crippen LogP contribution in [0.1, 0.15) is 19.4 Å². The molecule has 0 unspecified atom stereocenters. The number of methoxy groups -OCH3 is 1. The second-order valence-corrected chi connectivity index (χ2v) is 5.87. The van der Waals surface area contributed by atoms with Crippen LogP contribution >= 0.6 is 0 Å². The Bertz CT molecular complexity index is 1020. The van der Waals surface area contributed by atoms with Crippen molar-refractivity contribution in [3.8, 4) is 17.2 Å². The fourth-order valence-corrected chi connectivity index (χ4v) is 2.64. The quantitative estimate of drug-likeness (QED) is 0.564. The monoisotopic (exact) mass is 326 g/mol. The van der Waals surface area contributed by atoms with Crippen LogP contribution in [0, 0.1) is 0 Å². The van der Waals surface area contributed by atoms with Crippen molar-refractivity contribution in [2.45, 2.75) is 20.3 Å². The largest absolute Gasteiger partial charge is 0.507 e. The summed E-state index contributed by atoms with van der Waals surface area (Å²) in [6, 6.07) is 6.25. The van der Waals surface area contributed by atoms with Crippen LogP contribution in [-0.4, -0.2) is 17.3 Å². The van der Waals surface area contributed by atoms with Crippen molar-refractivity contribution in [2.75, 3.05) is 7.11 Å². The molecule has 5 nitrogen and oxygen atoms in total. The van der Waals surface area contributed by atoms with E-state index in [1.54, 1.807) is 18.2 Å². The van der Waals surface area contributed by atoms with Crippen LogP contribution in [0.4, 0.5) is 0 Å². The van der Waals surface area contributed by atoms with E-state index in [2.05, 4.69) is 0 Å². The third-order valence-electron chi connectivity index (χ3n) is 3.94. The predicted molar refractivity (Wildman–Crippen MR) is 93.0 cm³/mol. The lowest BCUT2D eigenvalue weighted by molar-refractivity contribution is 0.415. The van der Waals surface area contributed by atoms with Gasteiger partial charge in [-0.15, -0.1) is 0 Å². The molecule has 2 aromatic carbocycles. The maximum atomic E-state index is 12.8. The molecule has 1 heterocycles. The zero-order valence-corrected chi connectivity index (χ0v) is 13.7. The summed E-state index contributed by atoms with van der Waals surface area (Å²) < 4.78 is 10.8. The van der Waals surface area contributed by atoms with Crippen LogP contribution in [0.15, 0.2) is 45.1 Å². The molecule has 3 rings (SSSR count). The summed E-state index contributed by atoms with van der Waals surface area (Å²) in [5.74, 6) is 0.173. The van der Waals surface area contributed by atoms with Crippen LogP contribution in [0.5, 0.6) is 17.2 Å². The van der Waals surface area contributed by atoms with Gasteiger partial charge in [0, 0.05) is 11.6 Å². The highest BCUT2D eigenvalue weighted by Gasteiger charge is 2.18. The number of hydrogen-bond donors (Lipinski definition) is 2. The Labute approximate surface area is 138 Å². The highest BCUT2D eigenvalue weighted by molar-refractivity contribution is 5.95. The molecule has 1 aromatic heterocycles. The minimum Gasteiger partial charge on any atom is -0.507 e. The van der Waals surface area contributed by atoms with E-state index >= 15 is 0 Å². The number of ether oxygens (including phenoxy) is 1. The van der Waals surface area contributed by atoms with Gasteiger partial charge in [0.2, 0.25) is 5.43 Å². The van der Waals surface area contributed by atoms with Crippen LogP contribution in [0.25, 0.3) is 21.9 Å². The van der Waals surface area contributed by atoms with Gasteiger partial charge in [-0.05, 0) is 38.5 Å². The summed E-state index contributed by atoms with van der Waals surface area (Å²) in [5, 5.41) is 21.1. The second-order valence-electron chi connectivity index (χ2n) is 5.87. The van der Waals surface area contributed by atoms with Gasteiger partial charge >= 0.3 is 0 Å². The first-order chi connectivity index (χ1) is 11.4. The first-order valence-corrected chi connectivity index (χ1v) is 7.54. The van der Waals surface area contributed by atoms with Gasteiger partial charge in [-0.2, -0.15) is 0 Å². The Hall–Kier alpha value is -2.95. The zero-order chi connectivity index (χ0) is 17.4. The topological polar surface area (TPSA) is 79.9 Å². The molecule has 0 spiro atoms. The molecule has 0 aliphatic rings. The maximum absolute atomic E-state index is 12.8. The lowest BCUT2D eigenvalue weighted by Gasteiger charge is -2.10. The van der Waals surface area contributed by atoms with Crippen molar-refractivity contribution < 1.29 is 19.4 Å². The first-order valence-electron chi connectivity index (χ1n) is 7.54. The molecule has 0 saturated heterocycles. The van der Waals surface area contributed by atoms with Gasteiger partial charge in [0.25, 0.3) is 0 Å².